The van der Waals surface area contributed by atoms with Crippen molar-refractivity contribution >= 4 is 5.91 Å². The van der Waals surface area contributed by atoms with Gasteiger partial charge in [0.15, 0.2) is 0 Å². The first kappa shape index (κ1) is 12.4. The molecule has 0 spiro atoms. The SMILES string of the molecule is CC(C)(C)CCCNC(=O)CC[NH3+]. The molecule has 0 heterocycles. The summed E-state index contributed by atoms with van der Waals surface area (Å²) in [5, 5.41) is 2.88. The van der Waals surface area contributed by atoms with Gasteiger partial charge in [0.1, 0.15) is 0 Å². The first-order valence-electron chi connectivity index (χ1n) is 5.01. The highest BCUT2D eigenvalue weighted by Crippen LogP contribution is 2.19. The van der Waals surface area contributed by atoms with Gasteiger partial charge in [0, 0.05) is 6.54 Å². The maximum atomic E-state index is 11.0. The first-order valence-corrected chi connectivity index (χ1v) is 5.01. The minimum absolute atomic E-state index is 0.129. The Bertz CT molecular complexity index is 149. The fourth-order valence-electron chi connectivity index (χ4n) is 1.10. The summed E-state index contributed by atoms with van der Waals surface area (Å²) in [4.78, 5) is 11.0. The van der Waals surface area contributed by atoms with Crippen molar-refractivity contribution in [1.82, 2.24) is 5.32 Å². The highest BCUT2D eigenvalue weighted by molar-refractivity contribution is 5.75. The van der Waals surface area contributed by atoms with Gasteiger partial charge in [0.05, 0.1) is 13.0 Å². The average Bonchev–Trinajstić information content (AvgIpc) is 1.97. The van der Waals surface area contributed by atoms with Crippen LogP contribution in [0.5, 0.6) is 0 Å². The van der Waals surface area contributed by atoms with Crippen molar-refractivity contribution in [2.75, 3.05) is 13.1 Å². The maximum Gasteiger partial charge on any atom is 0.225 e. The summed E-state index contributed by atoms with van der Waals surface area (Å²) < 4.78 is 0. The second-order valence-corrected chi connectivity index (χ2v) is 4.62. The van der Waals surface area contributed by atoms with E-state index >= 15 is 0 Å². The largest absolute Gasteiger partial charge is 0.357 e. The molecule has 3 nitrogen and oxygen atoms in total. The zero-order valence-corrected chi connectivity index (χ0v) is 9.15. The number of quaternary nitrogens is 1. The zero-order valence-electron chi connectivity index (χ0n) is 9.15. The molecule has 1 amide bonds. The van der Waals surface area contributed by atoms with E-state index in [0.29, 0.717) is 18.4 Å². The van der Waals surface area contributed by atoms with Gasteiger partial charge in [-0.05, 0) is 18.3 Å². The van der Waals surface area contributed by atoms with E-state index < -0.39 is 0 Å². The second-order valence-electron chi connectivity index (χ2n) is 4.62. The smallest absolute Gasteiger partial charge is 0.225 e. The number of nitrogens with one attached hydrogen (secondary N) is 1. The van der Waals surface area contributed by atoms with E-state index in [1.54, 1.807) is 0 Å². The number of carbonyl (C=O) groups is 1. The number of amides is 1. The van der Waals surface area contributed by atoms with Gasteiger partial charge in [-0.15, -0.1) is 0 Å². The van der Waals surface area contributed by atoms with Gasteiger partial charge < -0.3 is 11.1 Å². The van der Waals surface area contributed by atoms with Crippen molar-refractivity contribution in [3.63, 3.8) is 0 Å². The summed E-state index contributed by atoms with van der Waals surface area (Å²) in [6.07, 6.45) is 2.76. The Hall–Kier alpha value is -0.570. The molecule has 0 aromatic heterocycles. The lowest BCUT2D eigenvalue weighted by Crippen LogP contribution is -2.51. The predicted octanol–water partition coefficient (Wildman–Crippen LogP) is 0.561. The molecule has 3 heteroatoms. The first-order chi connectivity index (χ1) is 5.95. The molecule has 0 atom stereocenters. The lowest BCUT2D eigenvalue weighted by atomic mass is 9.91. The number of rotatable bonds is 5. The van der Waals surface area contributed by atoms with E-state index in [9.17, 15) is 4.79 Å². The topological polar surface area (TPSA) is 56.7 Å². The van der Waals surface area contributed by atoms with Crippen LogP contribution >= 0.6 is 0 Å². The molecule has 0 radical (unpaired) electrons. The summed E-state index contributed by atoms with van der Waals surface area (Å²) in [6, 6.07) is 0. The molecule has 0 fully saturated rings. The van der Waals surface area contributed by atoms with E-state index in [1.165, 1.54) is 0 Å². The van der Waals surface area contributed by atoms with Crippen LogP contribution in [0.3, 0.4) is 0 Å². The van der Waals surface area contributed by atoms with Gasteiger partial charge in [0.25, 0.3) is 0 Å². The van der Waals surface area contributed by atoms with E-state index in [4.69, 9.17) is 0 Å². The van der Waals surface area contributed by atoms with Crippen molar-refractivity contribution < 1.29 is 10.5 Å². The molecule has 0 aliphatic rings. The molecule has 78 valence electrons. The highest BCUT2D eigenvalue weighted by atomic mass is 16.1. The van der Waals surface area contributed by atoms with Gasteiger partial charge >= 0.3 is 0 Å². The average molecular weight is 187 g/mol. The summed E-state index contributed by atoms with van der Waals surface area (Å²) in [5.41, 5.74) is 4.00. The van der Waals surface area contributed by atoms with Gasteiger partial charge in [-0.25, -0.2) is 0 Å². The van der Waals surface area contributed by atoms with Crippen LogP contribution in [-0.4, -0.2) is 19.0 Å². The van der Waals surface area contributed by atoms with E-state index in [0.717, 1.165) is 19.4 Å². The van der Waals surface area contributed by atoms with Gasteiger partial charge in [-0.1, -0.05) is 20.8 Å². The molecule has 0 bridgehead atoms. The van der Waals surface area contributed by atoms with Crippen LogP contribution in [0.2, 0.25) is 0 Å². The number of hydrogen-bond acceptors (Lipinski definition) is 1. The van der Waals surface area contributed by atoms with Gasteiger partial charge in [-0.3, -0.25) is 4.79 Å². The minimum atomic E-state index is 0.129. The lowest BCUT2D eigenvalue weighted by Gasteiger charge is -2.17. The molecular weight excluding hydrogens is 164 g/mol. The Morgan fingerprint density at radius 2 is 2.00 bits per heavy atom. The quantitative estimate of drug-likeness (QED) is 0.607. The Kier molecular flexibility index (Phi) is 5.71. The monoisotopic (exact) mass is 187 g/mol. The molecule has 0 unspecified atom stereocenters. The Morgan fingerprint density at radius 3 is 2.46 bits per heavy atom. The molecule has 0 rings (SSSR count). The van der Waals surface area contributed by atoms with Crippen LogP contribution in [0, 0.1) is 5.41 Å². The standard InChI is InChI=1S/C10H22N2O/c1-10(2,3)6-4-8-12-9(13)5-7-11/h4-8,11H2,1-3H3,(H,12,13)/p+1. The normalized spacial score (nSPS) is 11.4. The zero-order chi connectivity index (χ0) is 10.3. The number of hydrogen-bond donors (Lipinski definition) is 2. The summed E-state index contributed by atoms with van der Waals surface area (Å²) in [6.45, 7) is 8.13. The Balaban J connectivity index is 3.31. The van der Waals surface area contributed by atoms with Crippen LogP contribution in [0.15, 0.2) is 0 Å². The van der Waals surface area contributed by atoms with Crippen molar-refractivity contribution in [3.05, 3.63) is 0 Å². The van der Waals surface area contributed by atoms with E-state index in [2.05, 4.69) is 31.8 Å². The van der Waals surface area contributed by atoms with Crippen LogP contribution in [-0.2, 0) is 4.79 Å². The summed E-state index contributed by atoms with van der Waals surface area (Å²) >= 11 is 0. The van der Waals surface area contributed by atoms with Gasteiger partial charge in [-0.2, -0.15) is 0 Å². The molecular formula is C10H23N2O+. The number of carbonyl (C=O) groups excluding carboxylic acids is 1. The fourth-order valence-corrected chi connectivity index (χ4v) is 1.10. The highest BCUT2D eigenvalue weighted by Gasteiger charge is 2.09. The molecule has 0 saturated carbocycles. The minimum Gasteiger partial charge on any atom is -0.357 e. The molecule has 0 aliphatic heterocycles. The summed E-state index contributed by atoms with van der Waals surface area (Å²) in [5.74, 6) is 0.129. The van der Waals surface area contributed by atoms with Crippen LogP contribution < -0.4 is 11.1 Å². The Labute approximate surface area is 81.1 Å². The molecule has 13 heavy (non-hydrogen) atoms. The van der Waals surface area contributed by atoms with E-state index in [1.807, 2.05) is 0 Å². The second kappa shape index (κ2) is 5.97. The van der Waals surface area contributed by atoms with Crippen molar-refractivity contribution in [2.24, 2.45) is 5.41 Å². The van der Waals surface area contributed by atoms with Crippen LogP contribution in [0.1, 0.15) is 40.0 Å². The molecule has 0 aliphatic carbocycles. The van der Waals surface area contributed by atoms with Crippen molar-refractivity contribution in [3.8, 4) is 0 Å². The van der Waals surface area contributed by atoms with E-state index in [-0.39, 0.29) is 5.91 Å². The maximum absolute atomic E-state index is 11.0. The molecule has 0 aromatic carbocycles. The molecule has 4 N–H and O–H groups in total. The van der Waals surface area contributed by atoms with Gasteiger partial charge in [0.2, 0.25) is 5.91 Å². The van der Waals surface area contributed by atoms with Crippen LogP contribution in [0.25, 0.3) is 0 Å². The Morgan fingerprint density at radius 1 is 1.38 bits per heavy atom. The van der Waals surface area contributed by atoms with Crippen molar-refractivity contribution in [1.29, 1.82) is 0 Å². The third kappa shape index (κ3) is 9.34. The fraction of sp³-hybridized carbons (Fsp3) is 0.900. The predicted molar refractivity (Wildman–Crippen MR) is 54.1 cm³/mol. The summed E-state index contributed by atoms with van der Waals surface area (Å²) in [7, 11) is 0. The molecule has 0 aromatic rings. The molecule has 0 saturated heterocycles. The third-order valence-corrected chi connectivity index (χ3v) is 1.83. The third-order valence-electron chi connectivity index (χ3n) is 1.83. The van der Waals surface area contributed by atoms with Crippen LogP contribution in [0.4, 0.5) is 0 Å². The van der Waals surface area contributed by atoms with Crippen molar-refractivity contribution in [2.45, 2.75) is 40.0 Å². The lowest BCUT2D eigenvalue weighted by molar-refractivity contribution is -0.366.